The molecular weight excluding hydrogens is 372 g/mol. The lowest BCUT2D eigenvalue weighted by Crippen LogP contribution is -2.45. The Bertz CT molecular complexity index is 806. The van der Waals surface area contributed by atoms with E-state index in [-0.39, 0.29) is 17.7 Å². The lowest BCUT2D eigenvalue weighted by atomic mass is 9.97. The van der Waals surface area contributed by atoms with Gasteiger partial charge in [0.05, 0.1) is 11.6 Å². The molecule has 1 atom stereocenters. The second kappa shape index (κ2) is 9.78. The minimum atomic E-state index is -0.120. The molecule has 0 aliphatic carbocycles. The molecule has 7 heteroatoms. The average Bonchev–Trinajstić information content (AvgIpc) is 3.13. The Kier molecular flexibility index (Phi) is 7.14. The van der Waals surface area contributed by atoms with E-state index in [1.807, 2.05) is 24.0 Å². The van der Waals surface area contributed by atoms with Crippen LogP contribution in [0.3, 0.4) is 0 Å². The molecule has 2 amide bonds. The van der Waals surface area contributed by atoms with Crippen molar-refractivity contribution in [1.29, 1.82) is 0 Å². The number of carbonyl (C=O) groups excluding carboxylic acids is 2. The number of hydrogen-bond acceptors (Lipinski definition) is 5. The molecule has 1 aliphatic heterocycles. The van der Waals surface area contributed by atoms with Gasteiger partial charge in [0.1, 0.15) is 9.88 Å². The third kappa shape index (κ3) is 4.95. The molecule has 0 bridgehead atoms. The molecule has 6 nitrogen and oxygen atoms in total. The molecule has 1 fully saturated rings. The van der Waals surface area contributed by atoms with Crippen LogP contribution in [0.5, 0.6) is 0 Å². The van der Waals surface area contributed by atoms with E-state index < -0.39 is 0 Å². The fourth-order valence-electron chi connectivity index (χ4n) is 3.46. The predicted octanol–water partition coefficient (Wildman–Crippen LogP) is 3.67. The molecule has 2 aromatic heterocycles. The van der Waals surface area contributed by atoms with Crippen LogP contribution in [0.1, 0.15) is 54.4 Å². The van der Waals surface area contributed by atoms with Crippen molar-refractivity contribution >= 4 is 23.2 Å². The van der Waals surface area contributed by atoms with E-state index in [2.05, 4.69) is 22.2 Å². The summed E-state index contributed by atoms with van der Waals surface area (Å²) in [5.41, 5.74) is 1.65. The quantitative estimate of drug-likeness (QED) is 0.720. The number of likely N-dealkylation sites (tertiary alicyclic amines) is 1. The van der Waals surface area contributed by atoms with Crippen LogP contribution in [-0.4, -0.2) is 46.3 Å². The van der Waals surface area contributed by atoms with Crippen LogP contribution in [0.25, 0.3) is 10.6 Å². The molecule has 150 valence electrons. The molecule has 1 saturated heterocycles. The van der Waals surface area contributed by atoms with Crippen molar-refractivity contribution in [3.8, 4) is 10.6 Å². The molecule has 0 saturated carbocycles. The Morgan fingerprint density at radius 2 is 2.21 bits per heavy atom. The summed E-state index contributed by atoms with van der Waals surface area (Å²) in [5.74, 6) is -0.0651. The summed E-state index contributed by atoms with van der Waals surface area (Å²) in [4.78, 5) is 36.7. The number of aromatic nitrogens is 2. The molecule has 3 heterocycles. The Morgan fingerprint density at radius 1 is 1.36 bits per heavy atom. The SMILES string of the molecule is CCCCCNC(=O)C1CCCN(C(=O)c2sc(-c3cccnc3)nc2C)C1. The highest BCUT2D eigenvalue weighted by molar-refractivity contribution is 7.17. The van der Waals surface area contributed by atoms with Crippen molar-refractivity contribution in [2.45, 2.75) is 46.0 Å². The number of nitrogens with zero attached hydrogens (tertiary/aromatic N) is 3. The van der Waals surface area contributed by atoms with E-state index in [0.717, 1.165) is 54.9 Å². The summed E-state index contributed by atoms with van der Waals surface area (Å²) in [5, 5.41) is 3.83. The molecule has 28 heavy (non-hydrogen) atoms. The van der Waals surface area contributed by atoms with Gasteiger partial charge in [-0.1, -0.05) is 19.8 Å². The molecule has 1 N–H and O–H groups in total. The molecular formula is C21H28N4O2S. The van der Waals surface area contributed by atoms with Crippen molar-refractivity contribution in [3.05, 3.63) is 35.1 Å². The molecule has 0 aromatic carbocycles. The second-order valence-corrected chi connectivity index (χ2v) is 8.26. The largest absolute Gasteiger partial charge is 0.356 e. The average molecular weight is 401 g/mol. The van der Waals surface area contributed by atoms with Crippen LogP contribution >= 0.6 is 11.3 Å². The first-order chi connectivity index (χ1) is 13.6. The number of carbonyl (C=O) groups is 2. The first kappa shape index (κ1) is 20.5. The maximum absolute atomic E-state index is 13.1. The van der Waals surface area contributed by atoms with Gasteiger partial charge in [0, 0.05) is 37.6 Å². The summed E-state index contributed by atoms with van der Waals surface area (Å²) in [6, 6.07) is 3.81. The number of pyridine rings is 1. The van der Waals surface area contributed by atoms with E-state index in [1.54, 1.807) is 12.4 Å². The third-order valence-corrected chi connectivity index (χ3v) is 6.25. The van der Waals surface area contributed by atoms with Gasteiger partial charge in [0.15, 0.2) is 0 Å². The zero-order valence-corrected chi connectivity index (χ0v) is 17.4. The fraction of sp³-hybridized carbons (Fsp3) is 0.524. The summed E-state index contributed by atoms with van der Waals surface area (Å²) >= 11 is 1.40. The number of nitrogens with one attached hydrogen (secondary N) is 1. The highest BCUT2D eigenvalue weighted by Gasteiger charge is 2.30. The minimum absolute atomic E-state index is 0.0198. The predicted molar refractivity (Wildman–Crippen MR) is 111 cm³/mol. The number of aryl methyl sites for hydroxylation is 1. The van der Waals surface area contributed by atoms with E-state index in [1.165, 1.54) is 11.3 Å². The molecule has 2 aromatic rings. The van der Waals surface area contributed by atoms with Crippen molar-refractivity contribution in [1.82, 2.24) is 20.2 Å². The lowest BCUT2D eigenvalue weighted by Gasteiger charge is -2.31. The maximum atomic E-state index is 13.1. The van der Waals surface area contributed by atoms with Crippen molar-refractivity contribution < 1.29 is 9.59 Å². The van der Waals surface area contributed by atoms with Crippen molar-refractivity contribution in [3.63, 3.8) is 0 Å². The van der Waals surface area contributed by atoms with Gasteiger partial charge in [0.25, 0.3) is 5.91 Å². The zero-order chi connectivity index (χ0) is 19.9. The number of rotatable bonds is 7. The molecule has 1 aliphatic rings. The monoisotopic (exact) mass is 400 g/mol. The topological polar surface area (TPSA) is 75.2 Å². The first-order valence-electron chi connectivity index (χ1n) is 10.0. The van der Waals surface area contributed by atoms with E-state index in [9.17, 15) is 9.59 Å². The van der Waals surface area contributed by atoms with Gasteiger partial charge >= 0.3 is 0 Å². The van der Waals surface area contributed by atoms with Gasteiger partial charge in [-0.3, -0.25) is 14.6 Å². The highest BCUT2D eigenvalue weighted by Crippen LogP contribution is 2.29. The minimum Gasteiger partial charge on any atom is -0.356 e. The van der Waals surface area contributed by atoms with Crippen LogP contribution < -0.4 is 5.32 Å². The van der Waals surface area contributed by atoms with Gasteiger partial charge in [-0.25, -0.2) is 4.98 Å². The van der Waals surface area contributed by atoms with Gasteiger partial charge in [-0.2, -0.15) is 0 Å². The van der Waals surface area contributed by atoms with Crippen LogP contribution in [0.4, 0.5) is 0 Å². The van der Waals surface area contributed by atoms with Gasteiger partial charge in [-0.05, 0) is 38.3 Å². The maximum Gasteiger partial charge on any atom is 0.265 e. The molecule has 3 rings (SSSR count). The van der Waals surface area contributed by atoms with Gasteiger partial charge in [-0.15, -0.1) is 11.3 Å². The van der Waals surface area contributed by atoms with E-state index >= 15 is 0 Å². The van der Waals surface area contributed by atoms with Crippen LogP contribution in [0.2, 0.25) is 0 Å². The summed E-state index contributed by atoms with van der Waals surface area (Å²) in [6.45, 7) is 5.91. The smallest absolute Gasteiger partial charge is 0.265 e. The Hall–Kier alpha value is -2.28. The number of unbranched alkanes of at least 4 members (excludes halogenated alkanes) is 2. The lowest BCUT2D eigenvalue weighted by molar-refractivity contribution is -0.126. The van der Waals surface area contributed by atoms with E-state index in [0.29, 0.717) is 18.0 Å². The molecule has 0 radical (unpaired) electrons. The van der Waals surface area contributed by atoms with Crippen molar-refractivity contribution in [2.75, 3.05) is 19.6 Å². The van der Waals surface area contributed by atoms with Crippen LogP contribution in [-0.2, 0) is 4.79 Å². The standard InChI is InChI=1S/C21H28N4O2S/c1-3-4-5-11-23-19(26)17-9-7-12-25(14-17)21(27)18-15(2)24-20(28-18)16-8-6-10-22-13-16/h6,8,10,13,17H,3-5,7,9,11-12,14H2,1-2H3,(H,23,26). The fourth-order valence-corrected chi connectivity index (χ4v) is 4.48. The van der Waals surface area contributed by atoms with Crippen molar-refractivity contribution in [2.24, 2.45) is 5.92 Å². The Labute approximate surface area is 170 Å². The number of thiazole rings is 1. The normalized spacial score (nSPS) is 16.8. The second-order valence-electron chi connectivity index (χ2n) is 7.26. The third-order valence-electron chi connectivity index (χ3n) is 5.06. The molecule has 0 spiro atoms. The molecule has 1 unspecified atom stereocenters. The summed E-state index contributed by atoms with van der Waals surface area (Å²) in [6.07, 6.45) is 8.44. The summed E-state index contributed by atoms with van der Waals surface area (Å²) in [7, 11) is 0. The Morgan fingerprint density at radius 3 is 2.96 bits per heavy atom. The number of amides is 2. The first-order valence-corrected chi connectivity index (χ1v) is 10.9. The number of piperidine rings is 1. The van der Waals surface area contributed by atoms with Gasteiger partial charge < -0.3 is 10.2 Å². The Balaban J connectivity index is 1.64. The van der Waals surface area contributed by atoms with E-state index in [4.69, 9.17) is 0 Å². The van der Waals surface area contributed by atoms with Crippen LogP contribution in [0.15, 0.2) is 24.5 Å². The zero-order valence-electron chi connectivity index (χ0n) is 16.6. The van der Waals surface area contributed by atoms with Crippen LogP contribution in [0, 0.1) is 12.8 Å². The number of hydrogen-bond donors (Lipinski definition) is 1. The van der Waals surface area contributed by atoms with Gasteiger partial charge in [0.2, 0.25) is 5.91 Å². The summed E-state index contributed by atoms with van der Waals surface area (Å²) < 4.78 is 0. The highest BCUT2D eigenvalue weighted by atomic mass is 32.1.